The molecule has 25 heavy (non-hydrogen) atoms. The van der Waals surface area contributed by atoms with Crippen LogP contribution in [0.5, 0.6) is 5.75 Å². The molecule has 0 saturated carbocycles. The monoisotopic (exact) mass is 357 g/mol. The molecular weight excluding hydrogens is 334 g/mol. The summed E-state index contributed by atoms with van der Waals surface area (Å²) in [5, 5.41) is 0.616. The zero-order valence-corrected chi connectivity index (χ0v) is 15.8. The predicted octanol–water partition coefficient (Wildman–Crippen LogP) is 3.90. The normalized spacial score (nSPS) is 18.6. The van der Waals surface area contributed by atoms with E-state index >= 15 is 0 Å². The second kappa shape index (κ2) is 7.04. The van der Waals surface area contributed by atoms with Crippen LogP contribution in [0.3, 0.4) is 0 Å². The molecule has 0 N–H and O–H groups in total. The minimum absolute atomic E-state index is 0.0591. The molecule has 0 spiro atoms. The molecule has 3 rings (SSSR count). The van der Waals surface area contributed by atoms with Crippen molar-refractivity contribution in [3.05, 3.63) is 42.2 Å². The summed E-state index contributed by atoms with van der Waals surface area (Å²) in [6, 6.07) is 7.77. The maximum absolute atomic E-state index is 13.1. The highest BCUT2D eigenvalue weighted by molar-refractivity contribution is 7.99. The van der Waals surface area contributed by atoms with Gasteiger partial charge in [-0.15, -0.1) is 0 Å². The van der Waals surface area contributed by atoms with Crippen molar-refractivity contribution in [2.75, 3.05) is 17.8 Å². The lowest BCUT2D eigenvalue weighted by molar-refractivity contribution is -0.117. The first-order valence-electron chi connectivity index (χ1n) is 8.33. The molecule has 1 amide bonds. The van der Waals surface area contributed by atoms with Crippen LogP contribution in [0.1, 0.15) is 38.7 Å². The molecule has 1 aromatic heterocycles. The van der Waals surface area contributed by atoms with E-state index in [9.17, 15) is 4.79 Å². The predicted molar refractivity (Wildman–Crippen MR) is 100 cm³/mol. The summed E-state index contributed by atoms with van der Waals surface area (Å²) >= 11 is 1.36. The average molecular weight is 357 g/mol. The van der Waals surface area contributed by atoms with Crippen LogP contribution in [-0.2, 0) is 4.79 Å². The number of fused-ring (bicyclic) bond motifs is 1. The maximum Gasteiger partial charge on any atom is 0.237 e. The van der Waals surface area contributed by atoms with Crippen LogP contribution >= 0.6 is 11.8 Å². The van der Waals surface area contributed by atoms with E-state index in [1.807, 2.05) is 17.0 Å². The molecule has 0 aliphatic carbocycles. The van der Waals surface area contributed by atoms with Gasteiger partial charge >= 0.3 is 0 Å². The number of hydrogen-bond acceptors (Lipinski definition) is 5. The van der Waals surface area contributed by atoms with Gasteiger partial charge in [0.2, 0.25) is 5.91 Å². The van der Waals surface area contributed by atoms with E-state index in [1.54, 1.807) is 25.6 Å². The third-order valence-electron chi connectivity index (χ3n) is 4.54. The smallest absolute Gasteiger partial charge is 0.237 e. The number of carbonyl (C=O) groups is 1. The summed E-state index contributed by atoms with van der Waals surface area (Å²) in [4.78, 5) is 23.3. The van der Waals surface area contributed by atoms with Gasteiger partial charge in [-0.1, -0.05) is 24.8 Å². The molecule has 0 fully saturated rings. The quantitative estimate of drug-likeness (QED) is 0.614. The van der Waals surface area contributed by atoms with Crippen molar-refractivity contribution < 1.29 is 9.53 Å². The van der Waals surface area contributed by atoms with Gasteiger partial charge in [0, 0.05) is 24.0 Å². The van der Waals surface area contributed by atoms with Crippen molar-refractivity contribution in [3.8, 4) is 5.75 Å². The summed E-state index contributed by atoms with van der Waals surface area (Å²) in [6.07, 6.45) is 4.30. The number of thioether (sulfide) groups is 1. The first-order valence-corrected chi connectivity index (χ1v) is 9.32. The zero-order valence-electron chi connectivity index (χ0n) is 15.0. The van der Waals surface area contributed by atoms with E-state index in [4.69, 9.17) is 4.74 Å². The number of nitrogens with zero attached hydrogens (tertiary/aromatic N) is 3. The Balaban J connectivity index is 1.90. The zero-order chi connectivity index (χ0) is 18.0. The van der Waals surface area contributed by atoms with Gasteiger partial charge in [0.15, 0.2) is 5.16 Å². The highest BCUT2D eigenvalue weighted by Gasteiger charge is 2.40. The van der Waals surface area contributed by atoms with Crippen LogP contribution in [0.2, 0.25) is 0 Å². The molecule has 1 aromatic carbocycles. The number of aromatic nitrogens is 2. The van der Waals surface area contributed by atoms with Crippen LogP contribution in [0.25, 0.3) is 0 Å². The third-order valence-corrected chi connectivity index (χ3v) is 5.40. The Morgan fingerprint density at radius 2 is 2.08 bits per heavy atom. The van der Waals surface area contributed by atoms with Crippen molar-refractivity contribution in [3.63, 3.8) is 0 Å². The minimum atomic E-state index is -0.256. The molecule has 1 aliphatic heterocycles. The lowest BCUT2D eigenvalue weighted by atomic mass is 9.80. The van der Waals surface area contributed by atoms with Crippen LogP contribution < -0.4 is 9.64 Å². The molecule has 0 bridgehead atoms. The fourth-order valence-electron chi connectivity index (χ4n) is 3.56. The van der Waals surface area contributed by atoms with Gasteiger partial charge in [-0.2, -0.15) is 0 Å². The van der Waals surface area contributed by atoms with Gasteiger partial charge in [-0.25, -0.2) is 9.97 Å². The fourth-order valence-corrected chi connectivity index (χ4v) is 4.21. The largest absolute Gasteiger partial charge is 0.497 e. The Morgan fingerprint density at radius 3 is 2.76 bits per heavy atom. The molecule has 6 heteroatoms. The van der Waals surface area contributed by atoms with Gasteiger partial charge in [0.1, 0.15) is 5.75 Å². The molecular formula is C19H23N3O2S. The molecule has 5 nitrogen and oxygen atoms in total. The second-order valence-corrected chi connectivity index (χ2v) is 7.83. The summed E-state index contributed by atoms with van der Waals surface area (Å²) in [5.74, 6) is 1.52. The highest BCUT2D eigenvalue weighted by atomic mass is 32.2. The van der Waals surface area contributed by atoms with E-state index in [0.29, 0.717) is 16.8 Å². The topological polar surface area (TPSA) is 55.3 Å². The molecule has 1 atom stereocenters. The summed E-state index contributed by atoms with van der Waals surface area (Å²) in [6.45, 7) is 6.45. The van der Waals surface area contributed by atoms with Gasteiger partial charge in [0.25, 0.3) is 0 Å². The number of hydrogen-bond donors (Lipinski definition) is 0. The van der Waals surface area contributed by atoms with Crippen molar-refractivity contribution in [2.24, 2.45) is 0 Å². The first-order chi connectivity index (χ1) is 11.9. The van der Waals surface area contributed by atoms with E-state index in [2.05, 4.69) is 36.8 Å². The number of methoxy groups -OCH3 is 1. The number of amides is 1. The van der Waals surface area contributed by atoms with Gasteiger partial charge in [0.05, 0.1) is 18.6 Å². The third kappa shape index (κ3) is 3.63. The molecule has 2 heterocycles. The Bertz CT molecular complexity index is 765. The molecule has 0 saturated heterocycles. The molecule has 1 aliphatic rings. The van der Waals surface area contributed by atoms with Gasteiger partial charge in [-0.05, 0) is 43.9 Å². The Hall–Kier alpha value is -2.08. The fraction of sp³-hybridized carbons (Fsp3) is 0.421. The van der Waals surface area contributed by atoms with Crippen molar-refractivity contribution in [1.29, 1.82) is 0 Å². The second-order valence-electron chi connectivity index (χ2n) is 6.89. The first kappa shape index (κ1) is 17.7. The number of ether oxygens (including phenoxy) is 1. The van der Waals surface area contributed by atoms with Crippen LogP contribution in [0.4, 0.5) is 5.69 Å². The van der Waals surface area contributed by atoms with E-state index < -0.39 is 0 Å². The van der Waals surface area contributed by atoms with Crippen LogP contribution in [0, 0.1) is 0 Å². The van der Waals surface area contributed by atoms with E-state index in [0.717, 1.165) is 17.9 Å². The van der Waals surface area contributed by atoms with E-state index in [-0.39, 0.29) is 11.4 Å². The Labute approximate surface area is 152 Å². The van der Waals surface area contributed by atoms with Crippen LogP contribution in [-0.4, -0.2) is 34.3 Å². The number of benzene rings is 1. The van der Waals surface area contributed by atoms with Crippen molar-refractivity contribution >= 4 is 23.4 Å². The van der Waals surface area contributed by atoms with Gasteiger partial charge < -0.3 is 9.64 Å². The standard InChI is InChI=1S/C19H23N3O2S/c1-13-11-19(2,3)22(16-10-14(24-4)6-7-15(13)16)17(23)12-25-18-20-8-5-9-21-18/h5-10,13H,11-12H2,1-4H3. The Morgan fingerprint density at radius 1 is 1.36 bits per heavy atom. The molecule has 132 valence electrons. The van der Waals surface area contributed by atoms with Crippen LogP contribution in [0.15, 0.2) is 41.8 Å². The average Bonchev–Trinajstić information content (AvgIpc) is 2.59. The van der Waals surface area contributed by atoms with Gasteiger partial charge in [-0.3, -0.25) is 4.79 Å². The summed E-state index contributed by atoms with van der Waals surface area (Å²) in [5.41, 5.74) is 1.88. The van der Waals surface area contributed by atoms with Crippen molar-refractivity contribution in [1.82, 2.24) is 9.97 Å². The maximum atomic E-state index is 13.1. The lowest BCUT2D eigenvalue weighted by Crippen LogP contribution is -2.52. The molecule has 1 unspecified atom stereocenters. The number of carbonyl (C=O) groups excluding carboxylic acids is 1. The summed E-state index contributed by atoms with van der Waals surface area (Å²) in [7, 11) is 1.65. The Kier molecular flexibility index (Phi) is 4.99. The number of anilines is 1. The SMILES string of the molecule is COc1ccc2c(c1)N(C(=O)CSc1ncccn1)C(C)(C)CC2C. The minimum Gasteiger partial charge on any atom is -0.497 e. The lowest BCUT2D eigenvalue weighted by Gasteiger charge is -2.46. The molecule has 2 aromatic rings. The number of rotatable bonds is 4. The highest BCUT2D eigenvalue weighted by Crippen LogP contribution is 2.45. The molecule has 0 radical (unpaired) electrons. The van der Waals surface area contributed by atoms with E-state index in [1.165, 1.54) is 17.3 Å². The van der Waals surface area contributed by atoms with Crippen molar-refractivity contribution in [2.45, 2.75) is 43.8 Å². The summed E-state index contributed by atoms with van der Waals surface area (Å²) < 4.78 is 5.38.